The van der Waals surface area contributed by atoms with E-state index in [0.717, 1.165) is 23.9 Å². The highest BCUT2D eigenvalue weighted by Gasteiger charge is 2.05. The van der Waals surface area contributed by atoms with Gasteiger partial charge in [0.25, 0.3) is 0 Å². The minimum absolute atomic E-state index is 0.422. The number of pyridine rings is 1. The van der Waals surface area contributed by atoms with Crippen molar-refractivity contribution in [1.29, 1.82) is 0 Å². The van der Waals surface area contributed by atoms with Gasteiger partial charge < -0.3 is 10.6 Å². The quantitative estimate of drug-likeness (QED) is 0.417. The van der Waals surface area contributed by atoms with Crippen LogP contribution in [0.4, 0.5) is 0 Å². The van der Waals surface area contributed by atoms with Crippen LogP contribution in [0.5, 0.6) is 0 Å². The fraction of sp³-hybridized carbons (Fsp3) is 0.526. The van der Waals surface area contributed by atoms with Crippen molar-refractivity contribution in [2.24, 2.45) is 4.99 Å². The molecule has 0 saturated heterocycles. The highest BCUT2D eigenvalue weighted by Crippen LogP contribution is 2.07. The normalized spacial score (nSPS) is 12.8. The molecule has 0 aromatic carbocycles. The van der Waals surface area contributed by atoms with Gasteiger partial charge in [0.05, 0.1) is 6.54 Å². The van der Waals surface area contributed by atoms with Gasteiger partial charge in [-0.1, -0.05) is 32.3 Å². The average Bonchev–Trinajstić information content (AvgIpc) is 3.15. The summed E-state index contributed by atoms with van der Waals surface area (Å²) in [6.07, 6.45) is 12.2. The summed E-state index contributed by atoms with van der Waals surface area (Å²) in [4.78, 5) is 13.2. The summed E-state index contributed by atoms with van der Waals surface area (Å²) in [5, 5.41) is 6.80. The van der Waals surface area contributed by atoms with E-state index in [1.807, 2.05) is 23.0 Å². The van der Waals surface area contributed by atoms with Crippen molar-refractivity contribution in [2.45, 2.75) is 59.0 Å². The lowest BCUT2D eigenvalue weighted by molar-refractivity contribution is 0.547. The van der Waals surface area contributed by atoms with Crippen molar-refractivity contribution in [3.63, 3.8) is 0 Å². The largest absolute Gasteiger partial charge is 0.357 e. The third-order valence-electron chi connectivity index (χ3n) is 3.97. The molecule has 2 heterocycles. The number of nitrogens with zero attached hydrogens (tertiary/aromatic N) is 4. The molecule has 1 atom stereocenters. The Hall–Kier alpha value is -2.37. The van der Waals surface area contributed by atoms with Crippen LogP contribution in [0.25, 0.3) is 5.82 Å². The SMILES string of the molecule is CCCCCC(C)NC(=NCc1ccc(-n2ccnc2)nc1)NCC. The van der Waals surface area contributed by atoms with Crippen LogP contribution in [0.1, 0.15) is 52.0 Å². The minimum atomic E-state index is 0.422. The molecule has 25 heavy (non-hydrogen) atoms. The predicted octanol–water partition coefficient (Wildman–Crippen LogP) is 3.29. The van der Waals surface area contributed by atoms with Gasteiger partial charge >= 0.3 is 0 Å². The molecule has 0 spiro atoms. The summed E-state index contributed by atoms with van der Waals surface area (Å²) in [5.41, 5.74) is 1.08. The van der Waals surface area contributed by atoms with Crippen LogP contribution in [-0.2, 0) is 6.54 Å². The van der Waals surface area contributed by atoms with Crippen LogP contribution in [0.15, 0.2) is 42.0 Å². The van der Waals surface area contributed by atoms with Gasteiger partial charge in [0.1, 0.15) is 12.1 Å². The molecule has 1 unspecified atom stereocenters. The lowest BCUT2D eigenvalue weighted by Crippen LogP contribution is -2.42. The first kappa shape index (κ1) is 19.0. The van der Waals surface area contributed by atoms with Crippen LogP contribution in [0.3, 0.4) is 0 Å². The molecule has 6 heteroatoms. The zero-order valence-corrected chi connectivity index (χ0v) is 15.6. The van der Waals surface area contributed by atoms with Crippen LogP contribution in [-0.4, -0.2) is 33.1 Å². The summed E-state index contributed by atoms with van der Waals surface area (Å²) < 4.78 is 1.89. The molecule has 0 fully saturated rings. The molecule has 2 aromatic heterocycles. The smallest absolute Gasteiger partial charge is 0.191 e. The second-order valence-corrected chi connectivity index (χ2v) is 6.23. The van der Waals surface area contributed by atoms with Crippen LogP contribution in [0.2, 0.25) is 0 Å². The number of imidazole rings is 1. The third kappa shape index (κ3) is 6.57. The van der Waals surface area contributed by atoms with Crippen molar-refractivity contribution in [3.8, 4) is 5.82 Å². The van der Waals surface area contributed by atoms with E-state index in [9.17, 15) is 0 Å². The Labute approximate surface area is 150 Å². The lowest BCUT2D eigenvalue weighted by Gasteiger charge is -2.17. The molecule has 0 aliphatic heterocycles. The van der Waals surface area contributed by atoms with E-state index in [4.69, 9.17) is 0 Å². The predicted molar refractivity (Wildman–Crippen MR) is 103 cm³/mol. The Morgan fingerprint density at radius 2 is 2.16 bits per heavy atom. The van der Waals surface area contributed by atoms with Crippen molar-refractivity contribution in [3.05, 3.63) is 42.6 Å². The third-order valence-corrected chi connectivity index (χ3v) is 3.97. The topological polar surface area (TPSA) is 67.1 Å². The molecular formula is C19H30N6. The molecule has 0 saturated carbocycles. The molecule has 6 nitrogen and oxygen atoms in total. The molecule has 2 rings (SSSR count). The maximum Gasteiger partial charge on any atom is 0.191 e. The van der Waals surface area contributed by atoms with E-state index >= 15 is 0 Å². The van der Waals surface area contributed by atoms with E-state index in [1.54, 1.807) is 12.5 Å². The van der Waals surface area contributed by atoms with Crippen LogP contribution in [0, 0.1) is 0 Å². The van der Waals surface area contributed by atoms with E-state index in [-0.39, 0.29) is 0 Å². The van der Waals surface area contributed by atoms with Crippen molar-refractivity contribution in [2.75, 3.05) is 6.54 Å². The summed E-state index contributed by atoms with van der Waals surface area (Å²) in [7, 11) is 0. The zero-order valence-electron chi connectivity index (χ0n) is 15.6. The number of guanidine groups is 1. The molecule has 0 radical (unpaired) electrons. The molecule has 0 bridgehead atoms. The highest BCUT2D eigenvalue weighted by molar-refractivity contribution is 5.80. The maximum atomic E-state index is 4.68. The first-order valence-electron chi connectivity index (χ1n) is 9.21. The molecule has 2 aromatic rings. The standard InChI is InChI=1S/C19H30N6/c1-4-6-7-8-16(3)24-19(21-5-2)23-14-17-9-10-18(22-13-17)25-12-11-20-15-25/h9-13,15-16H,4-8,14H2,1-3H3,(H2,21,23,24). The van der Waals surface area contributed by atoms with Crippen LogP contribution >= 0.6 is 0 Å². The molecular weight excluding hydrogens is 312 g/mol. The molecule has 136 valence electrons. The van der Waals surface area contributed by atoms with Gasteiger partial charge in [-0.25, -0.2) is 15.0 Å². The van der Waals surface area contributed by atoms with Gasteiger partial charge in [-0.05, 0) is 31.9 Å². The first-order valence-corrected chi connectivity index (χ1v) is 9.21. The van der Waals surface area contributed by atoms with Crippen molar-refractivity contribution >= 4 is 5.96 Å². The summed E-state index contributed by atoms with van der Waals surface area (Å²) >= 11 is 0. The Kier molecular flexibility index (Phi) is 7.95. The van der Waals surface area contributed by atoms with E-state index in [0.29, 0.717) is 12.6 Å². The Morgan fingerprint density at radius 3 is 2.80 bits per heavy atom. The van der Waals surface area contributed by atoms with Crippen LogP contribution < -0.4 is 10.6 Å². The van der Waals surface area contributed by atoms with E-state index < -0.39 is 0 Å². The lowest BCUT2D eigenvalue weighted by atomic mass is 10.1. The van der Waals surface area contributed by atoms with Gasteiger partial charge in [-0.15, -0.1) is 0 Å². The van der Waals surface area contributed by atoms with Gasteiger partial charge in [-0.3, -0.25) is 4.57 Å². The summed E-state index contributed by atoms with van der Waals surface area (Å²) in [6, 6.07) is 4.46. The van der Waals surface area contributed by atoms with E-state index in [1.165, 1.54) is 25.7 Å². The van der Waals surface area contributed by atoms with E-state index in [2.05, 4.69) is 52.4 Å². The number of aromatic nitrogens is 3. The average molecular weight is 342 g/mol. The molecule has 0 aliphatic carbocycles. The number of hydrogen-bond donors (Lipinski definition) is 2. The Bertz CT molecular complexity index is 618. The monoisotopic (exact) mass is 342 g/mol. The second-order valence-electron chi connectivity index (χ2n) is 6.23. The fourth-order valence-electron chi connectivity index (χ4n) is 2.55. The Balaban J connectivity index is 1.91. The highest BCUT2D eigenvalue weighted by atomic mass is 15.2. The zero-order chi connectivity index (χ0) is 17.9. The fourth-order valence-corrected chi connectivity index (χ4v) is 2.55. The first-order chi connectivity index (χ1) is 12.2. The molecule has 0 aliphatic rings. The van der Waals surface area contributed by atoms with Gasteiger partial charge in [-0.2, -0.15) is 0 Å². The van der Waals surface area contributed by atoms with Crippen molar-refractivity contribution < 1.29 is 0 Å². The second kappa shape index (κ2) is 10.5. The van der Waals surface area contributed by atoms with Crippen molar-refractivity contribution in [1.82, 2.24) is 25.2 Å². The number of nitrogens with one attached hydrogen (secondary N) is 2. The number of hydrogen-bond acceptors (Lipinski definition) is 3. The number of unbranched alkanes of at least 4 members (excludes halogenated alkanes) is 2. The van der Waals surface area contributed by atoms with Gasteiger partial charge in [0.15, 0.2) is 5.96 Å². The van der Waals surface area contributed by atoms with Gasteiger partial charge in [0.2, 0.25) is 0 Å². The molecule has 2 N–H and O–H groups in total. The summed E-state index contributed by atoms with van der Waals surface area (Å²) in [6.45, 7) is 7.99. The number of rotatable bonds is 9. The van der Waals surface area contributed by atoms with Gasteiger partial charge in [0, 0.05) is 31.2 Å². The molecule has 0 amide bonds. The minimum Gasteiger partial charge on any atom is -0.357 e. The Morgan fingerprint density at radius 1 is 1.28 bits per heavy atom. The maximum absolute atomic E-state index is 4.68. The number of aliphatic imine (C=N–C) groups is 1. The summed E-state index contributed by atoms with van der Waals surface area (Å²) in [5.74, 6) is 1.73.